The van der Waals surface area contributed by atoms with Crippen molar-refractivity contribution in [1.82, 2.24) is 19.4 Å². The van der Waals surface area contributed by atoms with Crippen molar-refractivity contribution in [2.45, 2.75) is 4.90 Å². The van der Waals surface area contributed by atoms with Gasteiger partial charge < -0.3 is 0 Å². The molecule has 0 aliphatic rings. The first-order chi connectivity index (χ1) is 8.50. The van der Waals surface area contributed by atoms with Crippen LogP contribution in [-0.4, -0.2) is 67.8 Å². The maximum atomic E-state index is 2.22. The molecule has 0 aromatic heterocycles. The Kier molecular flexibility index (Phi) is 6.67. The van der Waals surface area contributed by atoms with E-state index in [9.17, 15) is 0 Å². The third kappa shape index (κ3) is 5.37. The van der Waals surface area contributed by atoms with Crippen LogP contribution < -0.4 is 0 Å². The summed E-state index contributed by atoms with van der Waals surface area (Å²) >= 11 is 1.74. The monoisotopic (exact) mass is 268 g/mol. The van der Waals surface area contributed by atoms with Gasteiger partial charge in [0.05, 0.1) is 0 Å². The molecule has 0 N–H and O–H groups in total. The van der Waals surface area contributed by atoms with Crippen molar-refractivity contribution in [3.05, 3.63) is 30.3 Å². The molecule has 0 saturated carbocycles. The largest absolute Gasteiger partial charge is 0.248 e. The van der Waals surface area contributed by atoms with E-state index in [4.69, 9.17) is 0 Å². The second-order valence-electron chi connectivity index (χ2n) is 4.48. The van der Waals surface area contributed by atoms with Gasteiger partial charge in [-0.15, -0.1) is 0 Å². The van der Waals surface area contributed by atoms with Crippen molar-refractivity contribution in [3.8, 4) is 0 Å². The average Bonchev–Trinajstić information content (AvgIpc) is 2.36. The summed E-state index contributed by atoms with van der Waals surface area (Å²) in [4.78, 5) is 1.26. The fourth-order valence-electron chi connectivity index (χ4n) is 1.33. The normalized spacial score (nSPS) is 12.1. The molecular weight excluding hydrogens is 244 g/mol. The Hall–Kier alpha value is -0.590. The quantitative estimate of drug-likeness (QED) is 0.551. The fourth-order valence-corrected chi connectivity index (χ4v) is 2.14. The lowest BCUT2D eigenvalue weighted by molar-refractivity contribution is 0.0278. The molecule has 0 amide bonds. The third-order valence-corrected chi connectivity index (χ3v) is 3.92. The zero-order chi connectivity index (χ0) is 13.5. The number of nitrogens with zero attached hydrogens (tertiary/aromatic N) is 4. The molecule has 0 radical (unpaired) electrons. The van der Waals surface area contributed by atoms with Crippen LogP contribution in [0.15, 0.2) is 35.2 Å². The molecule has 1 aromatic carbocycles. The number of hydrazine groups is 2. The number of rotatable bonds is 7. The van der Waals surface area contributed by atoms with Crippen LogP contribution in [0.3, 0.4) is 0 Å². The highest BCUT2D eigenvalue weighted by Crippen LogP contribution is 2.21. The number of likely N-dealkylation sites (N-methyl/N-ethyl adjacent to an activating group) is 2. The van der Waals surface area contributed by atoms with Gasteiger partial charge in [-0.3, -0.25) is 0 Å². The fraction of sp³-hybridized carbons (Fsp3) is 0.538. The van der Waals surface area contributed by atoms with E-state index in [0.29, 0.717) is 0 Å². The van der Waals surface area contributed by atoms with Gasteiger partial charge in [-0.2, -0.15) is 4.41 Å². The summed E-state index contributed by atoms with van der Waals surface area (Å²) < 4.78 is 2.17. The van der Waals surface area contributed by atoms with Crippen LogP contribution in [0.2, 0.25) is 0 Å². The van der Waals surface area contributed by atoms with Gasteiger partial charge in [0.15, 0.2) is 0 Å². The van der Waals surface area contributed by atoms with Crippen LogP contribution in [0.25, 0.3) is 0 Å². The Balaban J connectivity index is 2.35. The Morgan fingerprint density at radius 2 is 1.39 bits per heavy atom. The molecule has 1 aromatic rings. The van der Waals surface area contributed by atoms with Crippen molar-refractivity contribution < 1.29 is 0 Å². The van der Waals surface area contributed by atoms with E-state index < -0.39 is 0 Å². The molecule has 0 bridgehead atoms. The van der Waals surface area contributed by atoms with Crippen LogP contribution in [0.5, 0.6) is 0 Å². The maximum absolute atomic E-state index is 2.22. The van der Waals surface area contributed by atoms with Gasteiger partial charge >= 0.3 is 0 Å². The van der Waals surface area contributed by atoms with Gasteiger partial charge in [-0.1, -0.05) is 18.2 Å². The van der Waals surface area contributed by atoms with Crippen LogP contribution >= 0.6 is 11.9 Å². The predicted molar refractivity (Wildman–Crippen MR) is 79.0 cm³/mol. The predicted octanol–water partition coefficient (Wildman–Crippen LogP) is 1.88. The topological polar surface area (TPSA) is 13.0 Å². The van der Waals surface area contributed by atoms with Crippen molar-refractivity contribution in [3.63, 3.8) is 0 Å². The second-order valence-corrected chi connectivity index (χ2v) is 5.66. The summed E-state index contributed by atoms with van der Waals surface area (Å²) in [5.41, 5.74) is 0. The molecule has 4 nitrogen and oxygen atoms in total. The van der Waals surface area contributed by atoms with Crippen LogP contribution in [0, 0.1) is 0 Å². The Bertz CT molecular complexity index is 331. The molecule has 102 valence electrons. The minimum Gasteiger partial charge on any atom is -0.248 e. The number of benzene rings is 1. The maximum Gasteiger partial charge on any atom is 0.0281 e. The molecule has 18 heavy (non-hydrogen) atoms. The highest BCUT2D eigenvalue weighted by Gasteiger charge is 2.09. The van der Waals surface area contributed by atoms with E-state index in [2.05, 4.69) is 78.9 Å². The first kappa shape index (κ1) is 15.5. The summed E-state index contributed by atoms with van der Waals surface area (Å²) in [6.07, 6.45) is 0. The molecule has 5 heteroatoms. The van der Waals surface area contributed by atoms with E-state index in [1.165, 1.54) is 4.90 Å². The first-order valence-corrected chi connectivity index (χ1v) is 6.84. The Morgan fingerprint density at radius 1 is 0.833 bits per heavy atom. The summed E-state index contributed by atoms with van der Waals surface area (Å²) in [5.74, 6) is 0. The van der Waals surface area contributed by atoms with E-state index in [1.54, 1.807) is 11.9 Å². The van der Waals surface area contributed by atoms with E-state index in [0.717, 1.165) is 13.1 Å². The van der Waals surface area contributed by atoms with Gasteiger partial charge in [-0.25, -0.2) is 15.0 Å². The van der Waals surface area contributed by atoms with Crippen molar-refractivity contribution in [2.24, 2.45) is 0 Å². The van der Waals surface area contributed by atoms with Gasteiger partial charge in [0.1, 0.15) is 0 Å². The molecule has 0 aliphatic heterocycles. The second kappa shape index (κ2) is 7.76. The van der Waals surface area contributed by atoms with Crippen molar-refractivity contribution in [2.75, 3.05) is 48.3 Å². The lowest BCUT2D eigenvalue weighted by Crippen LogP contribution is -2.41. The zero-order valence-electron chi connectivity index (χ0n) is 12.0. The lowest BCUT2D eigenvalue weighted by Gasteiger charge is -2.30. The molecule has 0 atom stereocenters. The summed E-state index contributed by atoms with van der Waals surface area (Å²) in [5, 5.41) is 6.51. The molecule has 0 unspecified atom stereocenters. The average molecular weight is 268 g/mol. The molecular formula is C13H24N4S. The van der Waals surface area contributed by atoms with Crippen molar-refractivity contribution >= 4 is 11.9 Å². The minimum absolute atomic E-state index is 0.991. The minimum atomic E-state index is 0.991. The van der Waals surface area contributed by atoms with Gasteiger partial charge in [0, 0.05) is 53.2 Å². The van der Waals surface area contributed by atoms with E-state index in [-0.39, 0.29) is 0 Å². The molecule has 0 heterocycles. The highest BCUT2D eigenvalue weighted by molar-refractivity contribution is 7.97. The number of hydrogen-bond acceptors (Lipinski definition) is 5. The summed E-state index contributed by atoms with van der Waals surface area (Å²) in [7, 11) is 10.4. The molecule has 0 saturated heterocycles. The molecule has 0 fully saturated rings. The Labute approximate surface area is 115 Å². The highest BCUT2D eigenvalue weighted by atomic mass is 32.2. The smallest absolute Gasteiger partial charge is 0.0281 e. The molecule has 1 rings (SSSR count). The number of hydrogen-bond donors (Lipinski definition) is 0. The standard InChI is InChI=1S/C13H24N4S/c1-14(2)15(3)11-12-16(4)17(5)18-13-9-7-6-8-10-13/h6-10H,11-12H2,1-5H3. The zero-order valence-corrected chi connectivity index (χ0v) is 12.8. The summed E-state index contributed by atoms with van der Waals surface area (Å²) in [6.45, 7) is 1.99. The Morgan fingerprint density at radius 3 is 1.94 bits per heavy atom. The van der Waals surface area contributed by atoms with Crippen molar-refractivity contribution in [1.29, 1.82) is 0 Å². The van der Waals surface area contributed by atoms with Crippen LogP contribution in [-0.2, 0) is 0 Å². The molecule has 0 spiro atoms. The van der Waals surface area contributed by atoms with Gasteiger partial charge in [0.2, 0.25) is 0 Å². The third-order valence-electron chi connectivity index (χ3n) is 2.89. The van der Waals surface area contributed by atoms with E-state index in [1.807, 2.05) is 6.07 Å². The lowest BCUT2D eigenvalue weighted by atomic mass is 10.4. The van der Waals surface area contributed by atoms with E-state index >= 15 is 0 Å². The SMILES string of the molecule is CN(C)N(C)CCN(C)N(C)Sc1ccccc1. The van der Waals surface area contributed by atoms with Gasteiger partial charge in [-0.05, 0) is 24.1 Å². The summed E-state index contributed by atoms with van der Waals surface area (Å²) in [6, 6.07) is 10.4. The molecule has 0 aliphatic carbocycles. The van der Waals surface area contributed by atoms with Crippen LogP contribution in [0.1, 0.15) is 0 Å². The van der Waals surface area contributed by atoms with Crippen LogP contribution in [0.4, 0.5) is 0 Å². The first-order valence-electron chi connectivity index (χ1n) is 6.07. The van der Waals surface area contributed by atoms with Gasteiger partial charge in [0.25, 0.3) is 0 Å².